The van der Waals surface area contributed by atoms with Crippen molar-refractivity contribution in [3.8, 4) is 5.75 Å². The smallest absolute Gasteiger partial charge is 0.253 e. The number of likely N-dealkylation sites (tertiary alicyclic amines) is 1. The van der Waals surface area contributed by atoms with Gasteiger partial charge in [0.1, 0.15) is 18.2 Å². The van der Waals surface area contributed by atoms with Crippen molar-refractivity contribution in [3.05, 3.63) is 65.5 Å². The lowest BCUT2D eigenvalue weighted by molar-refractivity contribution is -0.135. The van der Waals surface area contributed by atoms with E-state index in [1.807, 2.05) is 12.1 Å². The average molecular weight is 495 g/mol. The third-order valence-corrected chi connectivity index (χ3v) is 7.69. The van der Waals surface area contributed by atoms with Crippen molar-refractivity contribution in [1.82, 2.24) is 10.2 Å². The molecule has 1 fully saturated rings. The number of hydrogen-bond donors (Lipinski definition) is 1. The number of nitrogens with zero attached hydrogens (tertiary/aromatic N) is 1. The maximum atomic E-state index is 13.8. The van der Waals surface area contributed by atoms with Gasteiger partial charge in [0, 0.05) is 18.7 Å². The molecule has 2 aromatic carbocycles. The van der Waals surface area contributed by atoms with Gasteiger partial charge >= 0.3 is 0 Å². The number of fused-ring (bicyclic) bond motifs is 1. The lowest BCUT2D eigenvalue weighted by atomic mass is 9.73. The van der Waals surface area contributed by atoms with E-state index in [1.165, 1.54) is 29.8 Å². The monoisotopic (exact) mass is 494 g/mol. The van der Waals surface area contributed by atoms with Crippen LogP contribution in [0, 0.1) is 17.2 Å². The fraction of sp³-hybridized carbons (Fsp3) is 0.533. The van der Waals surface area contributed by atoms with Crippen molar-refractivity contribution in [2.45, 2.75) is 71.3 Å². The Balaban J connectivity index is 1.48. The second-order valence-corrected chi connectivity index (χ2v) is 10.9. The summed E-state index contributed by atoms with van der Waals surface area (Å²) >= 11 is 0. The molecule has 2 amide bonds. The molecule has 1 N–H and O–H groups in total. The van der Waals surface area contributed by atoms with Gasteiger partial charge in [0.05, 0.1) is 11.5 Å². The first-order valence-corrected chi connectivity index (χ1v) is 13.4. The fourth-order valence-electron chi connectivity index (χ4n) is 5.58. The summed E-state index contributed by atoms with van der Waals surface area (Å²) in [5.41, 5.74) is 1.24. The van der Waals surface area contributed by atoms with E-state index in [4.69, 9.17) is 4.74 Å². The summed E-state index contributed by atoms with van der Waals surface area (Å²) in [5.74, 6) is 0.989. The highest BCUT2D eigenvalue weighted by atomic mass is 19.1. The standard InChI is InChI=1S/C30H39FN2O3/c1-22(2)20-26-21-36-27-10-6-5-9-23(27)8-4-3-7-15-30(29(35)32-26)16-18-33(19-17-30)28(34)24-11-13-25(31)14-12-24/h5-6,9-14,22,26H,3-4,7-8,15-21H2,1-2H3,(H,32,35)/t26-/m0/s1. The maximum absolute atomic E-state index is 13.8. The molecule has 0 aromatic heterocycles. The summed E-state index contributed by atoms with van der Waals surface area (Å²) in [4.78, 5) is 28.6. The van der Waals surface area contributed by atoms with Crippen LogP contribution < -0.4 is 10.1 Å². The molecule has 5 nitrogen and oxygen atoms in total. The van der Waals surface area contributed by atoms with Crippen LogP contribution in [0.25, 0.3) is 0 Å². The summed E-state index contributed by atoms with van der Waals surface area (Å²) < 4.78 is 19.5. The van der Waals surface area contributed by atoms with E-state index >= 15 is 0 Å². The number of halogens is 1. The number of para-hydroxylation sites is 1. The number of nitrogens with one attached hydrogen (secondary N) is 1. The second-order valence-electron chi connectivity index (χ2n) is 10.9. The molecule has 2 heterocycles. The Morgan fingerprint density at radius 3 is 2.50 bits per heavy atom. The molecule has 0 unspecified atom stereocenters. The van der Waals surface area contributed by atoms with Gasteiger partial charge in [0.2, 0.25) is 5.91 Å². The van der Waals surface area contributed by atoms with Gasteiger partial charge in [0.15, 0.2) is 0 Å². The minimum Gasteiger partial charge on any atom is -0.491 e. The number of rotatable bonds is 3. The third kappa shape index (κ3) is 6.45. The molecule has 2 aliphatic heterocycles. The van der Waals surface area contributed by atoms with Gasteiger partial charge in [-0.05, 0) is 80.3 Å². The number of aryl methyl sites for hydroxylation is 1. The zero-order chi connectivity index (χ0) is 25.5. The second kappa shape index (κ2) is 11.9. The molecular weight excluding hydrogens is 455 g/mol. The normalized spacial score (nSPS) is 20.9. The van der Waals surface area contributed by atoms with E-state index in [0.29, 0.717) is 44.0 Å². The summed E-state index contributed by atoms with van der Waals surface area (Å²) in [6.45, 7) is 5.83. The zero-order valence-electron chi connectivity index (χ0n) is 21.6. The fourth-order valence-corrected chi connectivity index (χ4v) is 5.58. The molecule has 0 aliphatic carbocycles. The molecule has 1 saturated heterocycles. The number of hydrogen-bond acceptors (Lipinski definition) is 3. The molecule has 6 heteroatoms. The van der Waals surface area contributed by atoms with Crippen LogP contribution in [-0.2, 0) is 11.2 Å². The van der Waals surface area contributed by atoms with Crippen molar-refractivity contribution in [1.29, 1.82) is 0 Å². The zero-order valence-corrected chi connectivity index (χ0v) is 21.6. The van der Waals surface area contributed by atoms with Gasteiger partial charge in [0.25, 0.3) is 5.91 Å². The molecule has 1 spiro atoms. The van der Waals surface area contributed by atoms with Crippen molar-refractivity contribution in [2.24, 2.45) is 11.3 Å². The van der Waals surface area contributed by atoms with E-state index in [-0.39, 0.29) is 23.7 Å². The highest BCUT2D eigenvalue weighted by molar-refractivity contribution is 5.94. The molecule has 0 saturated carbocycles. The van der Waals surface area contributed by atoms with Gasteiger partial charge in [-0.3, -0.25) is 9.59 Å². The molecule has 0 radical (unpaired) electrons. The number of carbonyl (C=O) groups is 2. The van der Waals surface area contributed by atoms with Crippen LogP contribution in [0.2, 0.25) is 0 Å². The van der Waals surface area contributed by atoms with Crippen LogP contribution in [0.5, 0.6) is 5.75 Å². The van der Waals surface area contributed by atoms with Crippen LogP contribution in [-0.4, -0.2) is 42.5 Å². The highest BCUT2D eigenvalue weighted by Gasteiger charge is 2.42. The van der Waals surface area contributed by atoms with Gasteiger partial charge in [-0.2, -0.15) is 0 Å². The Bertz CT molecular complexity index is 1030. The van der Waals surface area contributed by atoms with Crippen LogP contribution in [0.4, 0.5) is 4.39 Å². The average Bonchev–Trinajstić information content (AvgIpc) is 2.88. The Kier molecular flexibility index (Phi) is 8.65. The maximum Gasteiger partial charge on any atom is 0.253 e. The highest BCUT2D eigenvalue weighted by Crippen LogP contribution is 2.38. The molecule has 0 bridgehead atoms. The predicted molar refractivity (Wildman–Crippen MR) is 139 cm³/mol. The van der Waals surface area contributed by atoms with Crippen LogP contribution in [0.3, 0.4) is 0 Å². The van der Waals surface area contributed by atoms with Crippen LogP contribution in [0.15, 0.2) is 48.5 Å². The minimum absolute atomic E-state index is 0.0675. The van der Waals surface area contributed by atoms with E-state index in [2.05, 4.69) is 31.3 Å². The van der Waals surface area contributed by atoms with E-state index in [0.717, 1.165) is 44.3 Å². The van der Waals surface area contributed by atoms with Gasteiger partial charge in [-0.1, -0.05) is 44.9 Å². The molecule has 2 aromatic rings. The van der Waals surface area contributed by atoms with E-state index in [1.54, 1.807) is 4.90 Å². The van der Waals surface area contributed by atoms with Crippen molar-refractivity contribution in [3.63, 3.8) is 0 Å². The molecule has 194 valence electrons. The Hall–Kier alpha value is -2.89. The summed E-state index contributed by atoms with van der Waals surface area (Å²) in [6, 6.07) is 13.9. The van der Waals surface area contributed by atoms with Crippen LogP contribution >= 0.6 is 0 Å². The number of piperidine rings is 1. The minimum atomic E-state index is -0.476. The molecule has 4 rings (SSSR count). The first-order chi connectivity index (χ1) is 17.4. The van der Waals surface area contributed by atoms with E-state index in [9.17, 15) is 14.0 Å². The largest absolute Gasteiger partial charge is 0.491 e. The molecule has 2 aliphatic rings. The lowest BCUT2D eigenvalue weighted by Gasteiger charge is -2.41. The van der Waals surface area contributed by atoms with Gasteiger partial charge in [-0.25, -0.2) is 4.39 Å². The first kappa shape index (κ1) is 26.2. The predicted octanol–water partition coefficient (Wildman–Crippen LogP) is 5.77. The van der Waals surface area contributed by atoms with E-state index < -0.39 is 5.41 Å². The molecule has 1 atom stereocenters. The molecular formula is C30H39FN2O3. The first-order valence-electron chi connectivity index (χ1n) is 13.4. The quantitative estimate of drug-likeness (QED) is 0.589. The lowest BCUT2D eigenvalue weighted by Crippen LogP contribution is -2.53. The summed E-state index contributed by atoms with van der Waals surface area (Å²) in [6.07, 6.45) is 7.02. The van der Waals surface area contributed by atoms with Crippen molar-refractivity contribution < 1.29 is 18.7 Å². The topological polar surface area (TPSA) is 58.6 Å². The molecule has 36 heavy (non-hydrogen) atoms. The Morgan fingerprint density at radius 1 is 1.06 bits per heavy atom. The summed E-state index contributed by atoms with van der Waals surface area (Å²) in [7, 11) is 0. The Labute approximate surface area is 214 Å². The Morgan fingerprint density at radius 2 is 1.78 bits per heavy atom. The SMILES string of the molecule is CC(C)C[C@H]1COc2ccccc2CCCCCC2(CCN(C(=O)c3ccc(F)cc3)CC2)C(=O)N1. The van der Waals surface area contributed by atoms with Gasteiger partial charge < -0.3 is 15.0 Å². The number of amides is 2. The van der Waals surface area contributed by atoms with Crippen LogP contribution in [0.1, 0.15) is 74.7 Å². The summed E-state index contributed by atoms with van der Waals surface area (Å²) in [5, 5.41) is 3.35. The number of carbonyl (C=O) groups excluding carboxylic acids is 2. The number of ether oxygens (including phenoxy) is 1. The van der Waals surface area contributed by atoms with Crippen molar-refractivity contribution >= 4 is 11.8 Å². The van der Waals surface area contributed by atoms with Crippen molar-refractivity contribution in [2.75, 3.05) is 19.7 Å². The third-order valence-electron chi connectivity index (χ3n) is 7.69. The van der Waals surface area contributed by atoms with Gasteiger partial charge in [-0.15, -0.1) is 0 Å². The number of benzene rings is 2.